The molecule has 156 valence electrons. The standard InChI is InChI=1S/C27H32N2O/c30-27(24-12-6-7-13-24,23-10-2-1-3-11-23)25-14-16-29(17-15-25)20-26-18-21-8-4-5-9-22(21)19-28-26/h1-5,8-11,18-19,24-25,30H,6-7,12-17,20H2. The predicted octanol–water partition coefficient (Wildman–Crippen LogP) is 5.52. The minimum Gasteiger partial charge on any atom is -0.385 e. The van der Waals surface area contributed by atoms with Crippen LogP contribution >= 0.6 is 0 Å². The Morgan fingerprint density at radius 2 is 1.47 bits per heavy atom. The van der Waals surface area contributed by atoms with Crippen molar-refractivity contribution >= 4 is 10.8 Å². The van der Waals surface area contributed by atoms with Crippen LogP contribution in [-0.2, 0) is 12.1 Å². The Morgan fingerprint density at radius 3 is 2.20 bits per heavy atom. The fraction of sp³-hybridized carbons (Fsp3) is 0.444. The van der Waals surface area contributed by atoms with Crippen molar-refractivity contribution in [3.8, 4) is 0 Å². The first kappa shape index (κ1) is 19.7. The minimum atomic E-state index is -0.676. The molecule has 1 atom stereocenters. The highest BCUT2D eigenvalue weighted by Gasteiger charge is 2.46. The smallest absolute Gasteiger partial charge is 0.0953 e. The lowest BCUT2D eigenvalue weighted by molar-refractivity contribution is -0.0939. The lowest BCUT2D eigenvalue weighted by atomic mass is 9.68. The van der Waals surface area contributed by atoms with Gasteiger partial charge >= 0.3 is 0 Å². The number of hydrogen-bond acceptors (Lipinski definition) is 3. The van der Waals surface area contributed by atoms with Crippen LogP contribution in [0.3, 0.4) is 0 Å². The average Bonchev–Trinajstić information content (AvgIpc) is 3.35. The van der Waals surface area contributed by atoms with E-state index in [0.29, 0.717) is 11.8 Å². The van der Waals surface area contributed by atoms with E-state index in [1.165, 1.54) is 23.6 Å². The van der Waals surface area contributed by atoms with Crippen LogP contribution in [0.25, 0.3) is 10.8 Å². The van der Waals surface area contributed by atoms with E-state index in [0.717, 1.165) is 56.6 Å². The topological polar surface area (TPSA) is 36.4 Å². The summed E-state index contributed by atoms with van der Waals surface area (Å²) in [6, 6.07) is 21.1. The third-order valence-electron chi connectivity index (χ3n) is 7.50. The van der Waals surface area contributed by atoms with Crippen LogP contribution in [0.5, 0.6) is 0 Å². The number of nitrogens with zero attached hydrogens (tertiary/aromatic N) is 2. The second-order valence-electron chi connectivity index (χ2n) is 9.25. The van der Waals surface area contributed by atoms with Gasteiger partial charge in [0.2, 0.25) is 0 Å². The van der Waals surface area contributed by atoms with E-state index >= 15 is 0 Å². The third kappa shape index (κ3) is 3.77. The number of benzene rings is 2. The zero-order valence-electron chi connectivity index (χ0n) is 17.7. The van der Waals surface area contributed by atoms with Gasteiger partial charge < -0.3 is 5.11 Å². The summed E-state index contributed by atoms with van der Waals surface area (Å²) in [6.07, 6.45) is 8.93. The van der Waals surface area contributed by atoms with Gasteiger partial charge in [-0.3, -0.25) is 9.88 Å². The number of aliphatic hydroxyl groups is 1. The SMILES string of the molecule is OC(c1ccccc1)(C1CCCC1)C1CCN(Cc2cc3ccccc3cn2)CC1. The summed E-state index contributed by atoms with van der Waals surface area (Å²) in [7, 11) is 0. The van der Waals surface area contributed by atoms with Crippen molar-refractivity contribution < 1.29 is 5.11 Å². The van der Waals surface area contributed by atoms with Crippen molar-refractivity contribution in [2.75, 3.05) is 13.1 Å². The molecule has 1 saturated carbocycles. The first-order valence-electron chi connectivity index (χ1n) is 11.6. The van der Waals surface area contributed by atoms with Crippen molar-refractivity contribution in [2.45, 2.75) is 50.7 Å². The molecule has 2 aromatic carbocycles. The number of aromatic nitrogens is 1. The second-order valence-corrected chi connectivity index (χ2v) is 9.25. The summed E-state index contributed by atoms with van der Waals surface area (Å²) >= 11 is 0. The molecule has 0 spiro atoms. The van der Waals surface area contributed by atoms with Gasteiger partial charge in [-0.1, -0.05) is 67.4 Å². The quantitative estimate of drug-likeness (QED) is 0.612. The summed E-state index contributed by atoms with van der Waals surface area (Å²) in [5, 5.41) is 14.5. The predicted molar refractivity (Wildman–Crippen MR) is 122 cm³/mol. The lowest BCUT2D eigenvalue weighted by Crippen LogP contribution is -2.47. The molecular weight excluding hydrogens is 368 g/mol. The maximum atomic E-state index is 12.1. The normalized spacial score (nSPS) is 21.1. The highest BCUT2D eigenvalue weighted by Crippen LogP contribution is 2.48. The van der Waals surface area contributed by atoms with E-state index in [9.17, 15) is 5.11 Å². The minimum absolute atomic E-state index is 0.337. The lowest BCUT2D eigenvalue weighted by Gasteiger charge is -2.45. The maximum absolute atomic E-state index is 12.1. The number of rotatable bonds is 5. The Bertz CT molecular complexity index is 974. The monoisotopic (exact) mass is 400 g/mol. The maximum Gasteiger partial charge on any atom is 0.0953 e. The molecule has 5 rings (SSSR count). The van der Waals surface area contributed by atoms with E-state index in [-0.39, 0.29) is 0 Å². The van der Waals surface area contributed by atoms with Crippen molar-refractivity contribution in [1.29, 1.82) is 0 Å². The third-order valence-corrected chi connectivity index (χ3v) is 7.50. The molecule has 2 fully saturated rings. The molecule has 1 unspecified atom stereocenters. The van der Waals surface area contributed by atoms with Gasteiger partial charge in [-0.15, -0.1) is 0 Å². The molecule has 30 heavy (non-hydrogen) atoms. The first-order chi connectivity index (χ1) is 14.7. The molecule has 2 heterocycles. The van der Waals surface area contributed by atoms with Gasteiger partial charge in [0, 0.05) is 18.1 Å². The highest BCUT2D eigenvalue weighted by atomic mass is 16.3. The number of pyridine rings is 1. The van der Waals surface area contributed by atoms with Crippen molar-refractivity contribution in [2.24, 2.45) is 11.8 Å². The summed E-state index contributed by atoms with van der Waals surface area (Å²) in [5.41, 5.74) is 1.60. The molecule has 3 nitrogen and oxygen atoms in total. The van der Waals surface area contributed by atoms with E-state index in [1.807, 2.05) is 6.20 Å². The van der Waals surface area contributed by atoms with Gasteiger partial charge in [0.15, 0.2) is 0 Å². The van der Waals surface area contributed by atoms with Gasteiger partial charge in [-0.25, -0.2) is 0 Å². The van der Waals surface area contributed by atoms with Crippen LogP contribution in [-0.4, -0.2) is 28.1 Å². The summed E-state index contributed by atoms with van der Waals surface area (Å²) in [4.78, 5) is 7.20. The largest absolute Gasteiger partial charge is 0.385 e. The Balaban J connectivity index is 1.29. The molecule has 2 aliphatic rings. The molecule has 1 aromatic heterocycles. The van der Waals surface area contributed by atoms with Gasteiger partial charge in [-0.05, 0) is 67.6 Å². The zero-order chi connectivity index (χ0) is 20.4. The van der Waals surface area contributed by atoms with Crippen molar-refractivity contribution in [1.82, 2.24) is 9.88 Å². The number of piperidine rings is 1. The molecule has 0 bridgehead atoms. The van der Waals surface area contributed by atoms with Crippen molar-refractivity contribution in [3.05, 3.63) is 78.1 Å². The molecule has 1 aliphatic carbocycles. The zero-order valence-corrected chi connectivity index (χ0v) is 17.7. The van der Waals surface area contributed by atoms with Gasteiger partial charge in [0.05, 0.1) is 11.3 Å². The number of fused-ring (bicyclic) bond motifs is 1. The number of hydrogen-bond donors (Lipinski definition) is 1. The Kier molecular flexibility index (Phi) is 5.58. The van der Waals surface area contributed by atoms with Crippen molar-refractivity contribution in [3.63, 3.8) is 0 Å². The molecule has 3 heteroatoms. The molecule has 1 saturated heterocycles. The van der Waals surface area contributed by atoms with Crippen LogP contribution in [0.15, 0.2) is 66.9 Å². The molecule has 1 aliphatic heterocycles. The van der Waals surface area contributed by atoms with Crippen LogP contribution in [0.2, 0.25) is 0 Å². The average molecular weight is 401 g/mol. The van der Waals surface area contributed by atoms with Crippen LogP contribution < -0.4 is 0 Å². The van der Waals surface area contributed by atoms with Crippen LogP contribution in [0.1, 0.15) is 49.8 Å². The molecule has 0 amide bonds. The van der Waals surface area contributed by atoms with Crippen LogP contribution in [0.4, 0.5) is 0 Å². The summed E-state index contributed by atoms with van der Waals surface area (Å²) in [6.45, 7) is 2.95. The first-order valence-corrected chi connectivity index (χ1v) is 11.6. The second kappa shape index (κ2) is 8.49. The highest BCUT2D eigenvalue weighted by molar-refractivity contribution is 5.81. The summed E-state index contributed by atoms with van der Waals surface area (Å²) in [5.74, 6) is 0.738. The van der Waals surface area contributed by atoms with E-state index in [4.69, 9.17) is 0 Å². The van der Waals surface area contributed by atoms with Gasteiger partial charge in [0.25, 0.3) is 0 Å². The molecule has 3 aromatic rings. The fourth-order valence-corrected chi connectivity index (χ4v) is 5.85. The molecule has 1 N–H and O–H groups in total. The summed E-state index contributed by atoms with van der Waals surface area (Å²) < 4.78 is 0. The molecular formula is C27H32N2O. The van der Waals surface area contributed by atoms with Crippen LogP contribution in [0, 0.1) is 11.8 Å². The fourth-order valence-electron chi connectivity index (χ4n) is 5.85. The Labute approximate surface area is 179 Å². The van der Waals surface area contributed by atoms with Gasteiger partial charge in [-0.2, -0.15) is 0 Å². The number of likely N-dealkylation sites (tertiary alicyclic amines) is 1. The molecule has 0 radical (unpaired) electrons. The Morgan fingerprint density at radius 1 is 0.833 bits per heavy atom. The Hall–Kier alpha value is -2.23. The van der Waals surface area contributed by atoms with E-state index in [2.05, 4.69) is 70.5 Å². The van der Waals surface area contributed by atoms with E-state index < -0.39 is 5.60 Å². The van der Waals surface area contributed by atoms with E-state index in [1.54, 1.807) is 0 Å². The van der Waals surface area contributed by atoms with Gasteiger partial charge in [0.1, 0.15) is 0 Å².